The van der Waals surface area contributed by atoms with Crippen LogP contribution in [0, 0.1) is 5.92 Å². The Labute approximate surface area is 275 Å². The number of thiazole rings is 1. The van der Waals surface area contributed by atoms with Gasteiger partial charge >= 0.3 is 0 Å². The lowest BCUT2D eigenvalue weighted by Gasteiger charge is -2.28. The number of benzene rings is 3. The molecule has 0 saturated heterocycles. The van der Waals surface area contributed by atoms with Crippen LogP contribution in [0.3, 0.4) is 0 Å². The number of carbonyl (C=O) groups is 2. The van der Waals surface area contributed by atoms with Crippen LogP contribution in [0.15, 0.2) is 95.4 Å². The highest BCUT2D eigenvalue weighted by molar-refractivity contribution is 9.10. The minimum Gasteiger partial charge on any atom is -0.492 e. The van der Waals surface area contributed by atoms with Crippen molar-refractivity contribution in [2.75, 3.05) is 13.7 Å². The molecule has 10 heteroatoms. The van der Waals surface area contributed by atoms with Gasteiger partial charge in [-0.3, -0.25) is 14.6 Å². The van der Waals surface area contributed by atoms with Crippen molar-refractivity contribution in [1.29, 1.82) is 0 Å². The molecule has 1 aliphatic heterocycles. The van der Waals surface area contributed by atoms with E-state index in [1.54, 1.807) is 24.5 Å². The first-order chi connectivity index (χ1) is 22.0. The van der Waals surface area contributed by atoms with Gasteiger partial charge in [0, 0.05) is 67.4 Å². The van der Waals surface area contributed by atoms with Gasteiger partial charge in [-0.1, -0.05) is 64.5 Å². The number of ketones is 1. The number of nitrogens with zero attached hydrogens (tertiary/aromatic N) is 3. The van der Waals surface area contributed by atoms with Crippen molar-refractivity contribution in [3.05, 3.63) is 123 Å². The van der Waals surface area contributed by atoms with Crippen LogP contribution in [-0.2, 0) is 24.3 Å². The van der Waals surface area contributed by atoms with Gasteiger partial charge in [-0.15, -0.1) is 11.3 Å². The second-order valence-electron chi connectivity index (χ2n) is 11.1. The molecule has 0 radical (unpaired) electrons. The zero-order valence-electron chi connectivity index (χ0n) is 24.9. The Morgan fingerprint density at radius 1 is 1.04 bits per heavy atom. The predicted octanol–water partition coefficient (Wildman–Crippen LogP) is 6.61. The molecule has 0 fully saturated rings. The summed E-state index contributed by atoms with van der Waals surface area (Å²) in [5, 5.41) is 6.41. The third-order valence-corrected chi connectivity index (χ3v) is 9.52. The van der Waals surface area contributed by atoms with Gasteiger partial charge in [0.05, 0.1) is 34.6 Å². The van der Waals surface area contributed by atoms with Crippen LogP contribution < -0.4 is 15.4 Å². The van der Waals surface area contributed by atoms with Gasteiger partial charge in [0.25, 0.3) is 0 Å². The van der Waals surface area contributed by atoms with Gasteiger partial charge < -0.3 is 19.9 Å². The van der Waals surface area contributed by atoms with Crippen molar-refractivity contribution in [2.24, 2.45) is 5.92 Å². The van der Waals surface area contributed by atoms with Crippen LogP contribution >= 0.6 is 27.3 Å². The first-order valence-corrected chi connectivity index (χ1v) is 16.6. The van der Waals surface area contributed by atoms with Gasteiger partial charge in [0.15, 0.2) is 5.78 Å². The molecule has 45 heavy (non-hydrogen) atoms. The number of ether oxygens (including phenoxy) is 1. The Bertz CT molecular complexity index is 1750. The summed E-state index contributed by atoms with van der Waals surface area (Å²) < 4.78 is 9.22. The number of fused-ring (bicyclic) bond motifs is 1. The normalized spacial score (nSPS) is 14.8. The number of aromatic nitrogens is 3. The average Bonchev–Trinajstić information content (AvgIpc) is 3.77. The standard InChI is InChI=1S/C35H34BrN5O3S/c1-37-35(43)26(15-23-7-11-27(36)12-8-23)16-32(42)30-4-2-3-29-31(13-14-44-34(29)30)40-18-28-17-38-21-41(28)20-24-5-9-25(10-6-24)33-19-39-22-45-33/h2-12,17,19,21-22,26,31,40H,13-16,18,20H2,1H3,(H,37,43)/t26-,31+/m1/s1. The fourth-order valence-corrected chi connectivity index (χ4v) is 6.65. The number of para-hydroxylation sites is 1. The van der Waals surface area contributed by atoms with Crippen molar-refractivity contribution < 1.29 is 14.3 Å². The van der Waals surface area contributed by atoms with Crippen LogP contribution in [0.5, 0.6) is 5.75 Å². The van der Waals surface area contributed by atoms with Crippen LogP contribution in [0.2, 0.25) is 0 Å². The lowest BCUT2D eigenvalue weighted by molar-refractivity contribution is -0.124. The van der Waals surface area contributed by atoms with E-state index in [9.17, 15) is 9.59 Å². The van der Waals surface area contributed by atoms with E-state index in [0.29, 0.717) is 30.9 Å². The quantitative estimate of drug-likeness (QED) is 0.144. The Hall–Kier alpha value is -4.12. The highest BCUT2D eigenvalue weighted by Gasteiger charge is 2.29. The topological polar surface area (TPSA) is 98.1 Å². The van der Waals surface area contributed by atoms with Gasteiger partial charge in [0.2, 0.25) is 5.91 Å². The molecular formula is C35H34BrN5O3S. The van der Waals surface area contributed by atoms with Gasteiger partial charge in [-0.2, -0.15) is 0 Å². The molecular weight excluding hydrogens is 650 g/mol. The molecule has 8 nitrogen and oxygen atoms in total. The minimum atomic E-state index is -0.485. The summed E-state index contributed by atoms with van der Waals surface area (Å²) in [6.07, 6.45) is 6.99. The maximum atomic E-state index is 13.6. The Balaban J connectivity index is 1.12. The second kappa shape index (κ2) is 14.3. The number of carbonyl (C=O) groups excluding carboxylic acids is 2. The summed E-state index contributed by atoms with van der Waals surface area (Å²) in [7, 11) is 1.61. The maximum Gasteiger partial charge on any atom is 0.223 e. The van der Waals surface area contributed by atoms with E-state index in [1.165, 1.54) is 11.1 Å². The first kappa shape index (κ1) is 30.9. The van der Waals surface area contributed by atoms with Gasteiger partial charge in [-0.05, 0) is 41.3 Å². The SMILES string of the molecule is CNC(=O)[C@@H](CC(=O)c1cccc2c1OCC[C@@H]2NCc1cncn1Cc1ccc(-c2cncs2)cc1)Cc1ccc(Br)cc1. The summed E-state index contributed by atoms with van der Waals surface area (Å²) >= 11 is 5.09. The van der Waals surface area contributed by atoms with Gasteiger partial charge in [-0.25, -0.2) is 4.98 Å². The number of imidazole rings is 1. The molecule has 0 unspecified atom stereocenters. The van der Waals surface area contributed by atoms with E-state index < -0.39 is 5.92 Å². The Kier molecular flexibility index (Phi) is 9.83. The van der Waals surface area contributed by atoms with Crippen molar-refractivity contribution in [3.63, 3.8) is 0 Å². The fourth-order valence-electron chi connectivity index (χ4n) is 5.75. The van der Waals surface area contributed by atoms with E-state index >= 15 is 0 Å². The number of amides is 1. The van der Waals surface area contributed by atoms with Crippen molar-refractivity contribution in [2.45, 2.75) is 38.4 Å². The highest BCUT2D eigenvalue weighted by Crippen LogP contribution is 2.36. The van der Waals surface area contributed by atoms with E-state index in [0.717, 1.165) is 39.1 Å². The summed E-state index contributed by atoms with van der Waals surface area (Å²) in [5.74, 6) is -0.122. The van der Waals surface area contributed by atoms with Gasteiger partial charge in [0.1, 0.15) is 5.75 Å². The largest absolute Gasteiger partial charge is 0.492 e. The molecule has 0 aliphatic carbocycles. The monoisotopic (exact) mass is 683 g/mol. The second-order valence-corrected chi connectivity index (χ2v) is 12.9. The molecule has 5 aromatic rings. The number of hydrogen-bond donors (Lipinski definition) is 2. The van der Waals surface area contributed by atoms with Crippen molar-refractivity contribution in [3.8, 4) is 16.2 Å². The molecule has 2 atom stereocenters. The molecule has 1 amide bonds. The zero-order chi connectivity index (χ0) is 31.2. The Morgan fingerprint density at radius 3 is 2.60 bits per heavy atom. The molecule has 230 valence electrons. The van der Waals surface area contributed by atoms with Crippen LogP contribution in [0.1, 0.15) is 51.6 Å². The summed E-state index contributed by atoms with van der Waals surface area (Å²) in [4.78, 5) is 36.2. The molecule has 6 rings (SSSR count). The third-order valence-electron chi connectivity index (χ3n) is 8.17. The van der Waals surface area contributed by atoms with E-state index in [1.807, 2.05) is 60.6 Å². The van der Waals surface area contributed by atoms with E-state index in [-0.39, 0.29) is 24.2 Å². The number of halogens is 1. The molecule has 2 aromatic heterocycles. The Morgan fingerprint density at radius 2 is 1.84 bits per heavy atom. The van der Waals surface area contributed by atoms with E-state index in [2.05, 4.69) is 65.4 Å². The molecule has 3 heterocycles. The molecule has 0 spiro atoms. The number of hydrogen-bond acceptors (Lipinski definition) is 7. The molecule has 3 aromatic carbocycles. The zero-order valence-corrected chi connectivity index (χ0v) is 27.3. The predicted molar refractivity (Wildman–Crippen MR) is 179 cm³/mol. The van der Waals surface area contributed by atoms with Crippen LogP contribution in [0.4, 0.5) is 0 Å². The smallest absolute Gasteiger partial charge is 0.223 e. The van der Waals surface area contributed by atoms with Crippen LogP contribution in [-0.4, -0.2) is 39.9 Å². The summed E-state index contributed by atoms with van der Waals surface area (Å²) in [6.45, 7) is 1.83. The number of nitrogens with one attached hydrogen (secondary N) is 2. The van der Waals surface area contributed by atoms with E-state index in [4.69, 9.17) is 4.74 Å². The third kappa shape index (κ3) is 7.41. The lowest BCUT2D eigenvalue weighted by atomic mass is 9.89. The maximum absolute atomic E-state index is 13.6. The van der Waals surface area contributed by atoms with Crippen molar-refractivity contribution >= 4 is 39.0 Å². The molecule has 2 N–H and O–H groups in total. The minimum absolute atomic E-state index is 0.0149. The number of rotatable bonds is 12. The summed E-state index contributed by atoms with van der Waals surface area (Å²) in [6, 6.07) is 22.1. The number of Topliss-reactive ketones (excluding diaryl/α,β-unsaturated/α-hetero) is 1. The molecule has 0 saturated carbocycles. The average molecular weight is 685 g/mol. The highest BCUT2D eigenvalue weighted by atomic mass is 79.9. The lowest BCUT2D eigenvalue weighted by Crippen LogP contribution is -2.31. The summed E-state index contributed by atoms with van der Waals surface area (Å²) in [5.41, 5.74) is 7.76. The van der Waals surface area contributed by atoms with Crippen molar-refractivity contribution in [1.82, 2.24) is 25.2 Å². The first-order valence-electron chi connectivity index (χ1n) is 14.9. The molecule has 1 aliphatic rings. The molecule has 0 bridgehead atoms. The fraction of sp³-hybridized carbons (Fsp3) is 0.257. The van der Waals surface area contributed by atoms with Crippen LogP contribution in [0.25, 0.3) is 10.4 Å².